The standard InChI is InChI=1S/C16H13BO2S/c1-3-8-14(9-4-1)18-17(16-12-7-13-20-16)19-15-10-5-2-6-11-15/h1-13H. The van der Waals surface area contributed by atoms with E-state index in [0.717, 1.165) is 16.3 Å². The zero-order chi connectivity index (χ0) is 13.6. The first-order valence-electron chi connectivity index (χ1n) is 6.38. The lowest BCUT2D eigenvalue weighted by Crippen LogP contribution is -2.40. The van der Waals surface area contributed by atoms with Gasteiger partial charge in [-0.3, -0.25) is 0 Å². The zero-order valence-corrected chi connectivity index (χ0v) is 11.6. The number of rotatable bonds is 5. The Hall–Kier alpha value is -2.20. The van der Waals surface area contributed by atoms with Gasteiger partial charge in [-0.15, -0.1) is 0 Å². The molecule has 98 valence electrons. The lowest BCUT2D eigenvalue weighted by Gasteiger charge is -2.15. The fourth-order valence-corrected chi connectivity index (χ4v) is 2.49. The molecule has 0 aliphatic rings. The highest BCUT2D eigenvalue weighted by Gasteiger charge is 2.27. The van der Waals surface area contributed by atoms with Crippen molar-refractivity contribution in [1.29, 1.82) is 0 Å². The third kappa shape index (κ3) is 3.22. The first-order valence-corrected chi connectivity index (χ1v) is 7.26. The van der Waals surface area contributed by atoms with Gasteiger partial charge in [0.15, 0.2) is 0 Å². The van der Waals surface area contributed by atoms with Crippen LogP contribution in [0.3, 0.4) is 0 Å². The summed E-state index contributed by atoms with van der Waals surface area (Å²) < 4.78 is 12.9. The van der Waals surface area contributed by atoms with Crippen molar-refractivity contribution in [3.8, 4) is 11.5 Å². The molecule has 0 saturated carbocycles. The Kier molecular flexibility index (Phi) is 4.04. The van der Waals surface area contributed by atoms with Crippen LogP contribution in [0, 0.1) is 0 Å². The summed E-state index contributed by atoms with van der Waals surface area (Å²) in [4.78, 5) is 0. The Balaban J connectivity index is 1.81. The van der Waals surface area contributed by atoms with Crippen LogP contribution in [0.1, 0.15) is 0 Å². The molecule has 3 aromatic rings. The van der Waals surface area contributed by atoms with E-state index in [2.05, 4.69) is 0 Å². The Morgan fingerprint density at radius 1 is 0.650 bits per heavy atom. The van der Waals surface area contributed by atoms with Crippen LogP contribution in [0.15, 0.2) is 78.2 Å². The number of hydrogen-bond donors (Lipinski definition) is 0. The number of thiophene rings is 1. The van der Waals surface area contributed by atoms with Crippen LogP contribution in [0.4, 0.5) is 0 Å². The van der Waals surface area contributed by atoms with Crippen LogP contribution in [0.5, 0.6) is 11.5 Å². The van der Waals surface area contributed by atoms with Crippen molar-refractivity contribution < 1.29 is 9.31 Å². The van der Waals surface area contributed by atoms with Crippen LogP contribution >= 0.6 is 11.3 Å². The molecule has 3 rings (SSSR count). The second kappa shape index (κ2) is 6.30. The van der Waals surface area contributed by atoms with Gasteiger partial charge in [-0.05, 0) is 35.7 Å². The second-order valence-corrected chi connectivity index (χ2v) is 5.19. The monoisotopic (exact) mass is 280 g/mol. The second-order valence-electron chi connectivity index (χ2n) is 4.21. The fourth-order valence-electron chi connectivity index (χ4n) is 1.81. The van der Waals surface area contributed by atoms with Crippen LogP contribution in [-0.4, -0.2) is 7.12 Å². The highest BCUT2D eigenvalue weighted by molar-refractivity contribution is 7.20. The summed E-state index contributed by atoms with van der Waals surface area (Å²) >= 11 is 1.62. The molecule has 0 atom stereocenters. The lowest BCUT2D eigenvalue weighted by atomic mass is 9.87. The van der Waals surface area contributed by atoms with Gasteiger partial charge in [0.25, 0.3) is 0 Å². The van der Waals surface area contributed by atoms with Crippen LogP contribution in [0.2, 0.25) is 0 Å². The highest BCUT2D eigenvalue weighted by atomic mass is 32.1. The van der Waals surface area contributed by atoms with E-state index >= 15 is 0 Å². The van der Waals surface area contributed by atoms with Gasteiger partial charge in [0.05, 0.1) is 4.78 Å². The molecule has 4 heteroatoms. The Bertz CT molecular complexity index is 585. The summed E-state index contributed by atoms with van der Waals surface area (Å²) in [6.45, 7) is 0. The third-order valence-electron chi connectivity index (χ3n) is 2.75. The molecular formula is C16H13BO2S. The Labute approximate surface area is 122 Å². The molecule has 0 radical (unpaired) electrons. The van der Waals surface area contributed by atoms with E-state index in [0.29, 0.717) is 0 Å². The van der Waals surface area contributed by atoms with E-state index in [-0.39, 0.29) is 0 Å². The van der Waals surface area contributed by atoms with Crippen LogP contribution < -0.4 is 14.1 Å². The minimum atomic E-state index is -0.431. The summed E-state index contributed by atoms with van der Waals surface area (Å²) in [7, 11) is -0.431. The van der Waals surface area contributed by atoms with Crippen molar-refractivity contribution in [2.75, 3.05) is 0 Å². The molecule has 2 nitrogen and oxygen atoms in total. The van der Waals surface area contributed by atoms with Gasteiger partial charge in [0.2, 0.25) is 0 Å². The molecule has 0 unspecified atom stereocenters. The molecule has 0 spiro atoms. The summed E-state index contributed by atoms with van der Waals surface area (Å²) in [5.41, 5.74) is 0. The van der Waals surface area contributed by atoms with E-state index in [9.17, 15) is 0 Å². The van der Waals surface area contributed by atoms with E-state index in [4.69, 9.17) is 9.31 Å². The van der Waals surface area contributed by atoms with Crippen molar-refractivity contribution >= 4 is 23.2 Å². The van der Waals surface area contributed by atoms with Crippen molar-refractivity contribution in [2.24, 2.45) is 0 Å². The third-order valence-corrected chi connectivity index (χ3v) is 3.64. The molecule has 0 aliphatic carbocycles. The van der Waals surface area contributed by atoms with Crippen molar-refractivity contribution in [2.45, 2.75) is 0 Å². The summed E-state index contributed by atoms with van der Waals surface area (Å²) in [5.74, 6) is 1.59. The molecule has 1 heterocycles. The smallest absolute Gasteiger partial charge is 0.522 e. The Morgan fingerprint density at radius 3 is 1.65 bits per heavy atom. The number of benzene rings is 2. The van der Waals surface area contributed by atoms with E-state index in [1.807, 2.05) is 78.2 Å². The van der Waals surface area contributed by atoms with Crippen molar-refractivity contribution in [1.82, 2.24) is 0 Å². The predicted octanol–water partition coefficient (Wildman–Crippen LogP) is 3.60. The van der Waals surface area contributed by atoms with E-state index < -0.39 is 7.12 Å². The molecule has 20 heavy (non-hydrogen) atoms. The van der Waals surface area contributed by atoms with Gasteiger partial charge >= 0.3 is 7.12 Å². The SMILES string of the molecule is c1ccc(OB(Oc2ccccc2)c2cccs2)cc1. The normalized spacial score (nSPS) is 10.0. The maximum atomic E-state index is 5.95. The molecule has 0 bridgehead atoms. The summed E-state index contributed by atoms with van der Waals surface area (Å²) in [5, 5.41) is 2.02. The van der Waals surface area contributed by atoms with E-state index in [1.54, 1.807) is 11.3 Å². The van der Waals surface area contributed by atoms with Crippen LogP contribution in [-0.2, 0) is 0 Å². The molecule has 2 aromatic carbocycles. The zero-order valence-electron chi connectivity index (χ0n) is 10.8. The summed E-state index contributed by atoms with van der Waals surface area (Å²) in [6.07, 6.45) is 0. The van der Waals surface area contributed by atoms with Gasteiger partial charge in [0.1, 0.15) is 11.5 Å². The van der Waals surface area contributed by atoms with E-state index in [1.165, 1.54) is 0 Å². The molecule has 0 amide bonds. The maximum Gasteiger partial charge on any atom is 0.643 e. The minimum Gasteiger partial charge on any atom is -0.522 e. The fraction of sp³-hybridized carbons (Fsp3) is 0. The summed E-state index contributed by atoms with van der Waals surface area (Å²) in [6, 6.07) is 23.4. The van der Waals surface area contributed by atoms with Gasteiger partial charge in [-0.2, -0.15) is 11.3 Å². The maximum absolute atomic E-state index is 5.95. The van der Waals surface area contributed by atoms with Crippen molar-refractivity contribution in [3.05, 3.63) is 78.2 Å². The number of para-hydroxylation sites is 2. The molecule has 0 aliphatic heterocycles. The van der Waals surface area contributed by atoms with Gasteiger partial charge in [0, 0.05) is 0 Å². The first-order chi connectivity index (χ1) is 9.92. The predicted molar refractivity (Wildman–Crippen MR) is 83.8 cm³/mol. The van der Waals surface area contributed by atoms with Gasteiger partial charge < -0.3 is 9.31 Å². The molecule has 0 N–H and O–H groups in total. The first kappa shape index (κ1) is 12.8. The quantitative estimate of drug-likeness (QED) is 0.665. The van der Waals surface area contributed by atoms with Gasteiger partial charge in [-0.25, -0.2) is 0 Å². The van der Waals surface area contributed by atoms with Gasteiger partial charge in [-0.1, -0.05) is 42.5 Å². The minimum absolute atomic E-state index is 0.431. The lowest BCUT2D eigenvalue weighted by molar-refractivity contribution is 0.440. The molecular weight excluding hydrogens is 267 g/mol. The van der Waals surface area contributed by atoms with Crippen LogP contribution in [0.25, 0.3) is 0 Å². The molecule has 0 fully saturated rings. The largest absolute Gasteiger partial charge is 0.643 e. The molecule has 0 saturated heterocycles. The highest BCUT2D eigenvalue weighted by Crippen LogP contribution is 2.15. The average molecular weight is 280 g/mol. The molecule has 1 aromatic heterocycles. The van der Waals surface area contributed by atoms with Crippen molar-refractivity contribution in [3.63, 3.8) is 0 Å². The number of hydrogen-bond acceptors (Lipinski definition) is 3. The topological polar surface area (TPSA) is 18.5 Å². The average Bonchev–Trinajstić information content (AvgIpc) is 3.03. The Morgan fingerprint density at radius 2 is 1.20 bits per heavy atom.